The molecule has 2 aromatic heterocycles. The van der Waals surface area contributed by atoms with Crippen molar-refractivity contribution in [2.75, 3.05) is 11.6 Å². The van der Waals surface area contributed by atoms with E-state index in [1.165, 1.54) is 19.1 Å². The van der Waals surface area contributed by atoms with Crippen molar-refractivity contribution in [3.05, 3.63) is 52.8 Å². The predicted octanol–water partition coefficient (Wildman–Crippen LogP) is 2.00. The number of hydrogen-bond donors (Lipinski definition) is 1. The van der Waals surface area contributed by atoms with Crippen LogP contribution in [0.4, 0.5) is 5.13 Å². The molecular formula is C18H15N5O4S2. The number of amides is 1. The normalized spacial score (nSPS) is 12.9. The van der Waals surface area contributed by atoms with Crippen LogP contribution < -0.4 is 10.9 Å². The van der Waals surface area contributed by atoms with Crippen LogP contribution in [0.2, 0.25) is 0 Å². The van der Waals surface area contributed by atoms with Gasteiger partial charge >= 0.3 is 0 Å². The van der Waals surface area contributed by atoms with Crippen molar-refractivity contribution in [3.63, 3.8) is 0 Å². The Balaban J connectivity index is 1.62. The number of anilines is 1. The van der Waals surface area contributed by atoms with Gasteiger partial charge in [-0.1, -0.05) is 28.7 Å². The maximum atomic E-state index is 12.6. The molecule has 0 saturated carbocycles. The quantitative estimate of drug-likeness (QED) is 0.526. The van der Waals surface area contributed by atoms with Gasteiger partial charge < -0.3 is 5.32 Å². The molecule has 29 heavy (non-hydrogen) atoms. The second-order valence-corrected chi connectivity index (χ2v) is 9.49. The van der Waals surface area contributed by atoms with Gasteiger partial charge in [0.2, 0.25) is 0 Å². The molecule has 1 amide bonds. The number of aromatic nitrogens is 4. The Bertz CT molecular complexity index is 1430. The molecule has 0 bridgehead atoms. The van der Waals surface area contributed by atoms with E-state index in [9.17, 15) is 18.0 Å². The molecule has 4 rings (SSSR count). The molecule has 0 radical (unpaired) electrons. The third kappa shape index (κ3) is 3.61. The van der Waals surface area contributed by atoms with Crippen LogP contribution in [-0.2, 0) is 14.6 Å². The van der Waals surface area contributed by atoms with Crippen LogP contribution in [0.25, 0.3) is 21.1 Å². The molecule has 0 aliphatic carbocycles. The number of hydrogen-bond acceptors (Lipinski definition) is 8. The number of rotatable bonds is 4. The summed E-state index contributed by atoms with van der Waals surface area (Å²) in [6, 6.07) is 10.4. The highest BCUT2D eigenvalue weighted by Crippen LogP contribution is 2.28. The van der Waals surface area contributed by atoms with Gasteiger partial charge in [-0.25, -0.2) is 13.4 Å². The van der Waals surface area contributed by atoms with Crippen LogP contribution >= 0.6 is 11.3 Å². The van der Waals surface area contributed by atoms with Gasteiger partial charge in [-0.2, -0.15) is 4.68 Å². The number of nitrogens with one attached hydrogen (secondary N) is 1. The van der Waals surface area contributed by atoms with Crippen LogP contribution in [0.5, 0.6) is 0 Å². The molecule has 11 heteroatoms. The van der Waals surface area contributed by atoms with Gasteiger partial charge in [0.1, 0.15) is 11.6 Å². The fraction of sp³-hybridized carbons (Fsp3) is 0.167. The number of nitrogens with zero attached hydrogens (tertiary/aromatic N) is 4. The number of thiazole rings is 1. The first-order valence-corrected chi connectivity index (χ1v) is 11.2. The molecule has 1 atom stereocenters. The lowest BCUT2D eigenvalue weighted by atomic mass is 10.2. The summed E-state index contributed by atoms with van der Waals surface area (Å²) in [5.74, 6) is -0.487. The largest absolute Gasteiger partial charge is 0.300 e. The molecule has 9 nitrogen and oxygen atoms in total. The van der Waals surface area contributed by atoms with E-state index in [1.807, 2.05) is 0 Å². The van der Waals surface area contributed by atoms with E-state index in [2.05, 4.69) is 20.6 Å². The van der Waals surface area contributed by atoms with Gasteiger partial charge in [0, 0.05) is 6.26 Å². The van der Waals surface area contributed by atoms with Gasteiger partial charge in [0.05, 0.1) is 20.5 Å². The lowest BCUT2D eigenvalue weighted by Gasteiger charge is -2.12. The summed E-state index contributed by atoms with van der Waals surface area (Å²) in [4.78, 5) is 29.7. The van der Waals surface area contributed by atoms with Crippen molar-refractivity contribution in [3.8, 4) is 0 Å². The van der Waals surface area contributed by atoms with Crippen molar-refractivity contribution < 1.29 is 13.2 Å². The third-order valence-corrected chi connectivity index (χ3v) is 6.40. The first-order valence-electron chi connectivity index (χ1n) is 8.50. The minimum Gasteiger partial charge on any atom is -0.300 e. The second kappa shape index (κ2) is 7.01. The fourth-order valence-electron chi connectivity index (χ4n) is 2.77. The Morgan fingerprint density at radius 1 is 1.17 bits per heavy atom. The Morgan fingerprint density at radius 2 is 1.93 bits per heavy atom. The lowest BCUT2D eigenvalue weighted by Crippen LogP contribution is -2.34. The molecule has 0 fully saturated rings. The zero-order valence-electron chi connectivity index (χ0n) is 15.4. The Kier molecular flexibility index (Phi) is 4.63. The van der Waals surface area contributed by atoms with Gasteiger partial charge in [0.25, 0.3) is 11.5 Å². The first kappa shape index (κ1) is 19.2. The SMILES string of the molecule is C[C@@H](C(=O)Nc1nc2ccc(S(C)(=O)=O)cc2s1)n1nnc2ccccc2c1=O. The van der Waals surface area contributed by atoms with Crippen LogP contribution in [0.15, 0.2) is 52.2 Å². The van der Waals surface area contributed by atoms with Gasteiger partial charge in [-0.15, -0.1) is 5.10 Å². The minimum absolute atomic E-state index is 0.179. The topological polar surface area (TPSA) is 124 Å². The van der Waals surface area contributed by atoms with Crippen molar-refractivity contribution in [2.45, 2.75) is 17.9 Å². The van der Waals surface area contributed by atoms with E-state index >= 15 is 0 Å². The van der Waals surface area contributed by atoms with Crippen LogP contribution in [0, 0.1) is 0 Å². The molecule has 0 unspecified atom stereocenters. The molecule has 0 spiro atoms. The summed E-state index contributed by atoms with van der Waals surface area (Å²) in [6.45, 7) is 1.54. The molecule has 2 aromatic carbocycles. The summed E-state index contributed by atoms with van der Waals surface area (Å²) < 4.78 is 25.0. The smallest absolute Gasteiger partial charge is 0.278 e. The van der Waals surface area contributed by atoms with Gasteiger partial charge in [0.15, 0.2) is 15.0 Å². The van der Waals surface area contributed by atoms with Crippen molar-refractivity contribution >= 4 is 53.3 Å². The van der Waals surface area contributed by atoms with Crippen LogP contribution in [-0.4, -0.2) is 40.6 Å². The van der Waals surface area contributed by atoms with Gasteiger partial charge in [-0.05, 0) is 37.3 Å². The zero-order chi connectivity index (χ0) is 20.8. The molecule has 4 aromatic rings. The number of benzene rings is 2. The summed E-state index contributed by atoms with van der Waals surface area (Å²) in [5.41, 5.74) is 0.600. The van der Waals surface area contributed by atoms with Crippen molar-refractivity contribution in [1.29, 1.82) is 0 Å². The van der Waals surface area contributed by atoms with E-state index in [1.54, 1.807) is 30.3 Å². The molecule has 0 saturated heterocycles. The Hall–Kier alpha value is -3.18. The highest BCUT2D eigenvalue weighted by Gasteiger charge is 2.21. The Morgan fingerprint density at radius 3 is 2.69 bits per heavy atom. The molecule has 0 aliphatic rings. The van der Waals surface area contributed by atoms with Gasteiger partial charge in [-0.3, -0.25) is 9.59 Å². The average molecular weight is 429 g/mol. The number of fused-ring (bicyclic) bond motifs is 2. The van der Waals surface area contributed by atoms with Crippen molar-refractivity contribution in [2.24, 2.45) is 0 Å². The van der Waals surface area contributed by atoms with Crippen LogP contribution in [0.3, 0.4) is 0 Å². The molecular weight excluding hydrogens is 414 g/mol. The monoisotopic (exact) mass is 429 g/mol. The van der Waals surface area contributed by atoms with Crippen molar-refractivity contribution in [1.82, 2.24) is 20.0 Å². The van der Waals surface area contributed by atoms with E-state index in [0.717, 1.165) is 22.3 Å². The maximum absolute atomic E-state index is 12.6. The Labute approximate surface area is 168 Å². The van der Waals surface area contributed by atoms with Crippen LogP contribution in [0.1, 0.15) is 13.0 Å². The second-order valence-electron chi connectivity index (χ2n) is 6.44. The maximum Gasteiger partial charge on any atom is 0.278 e. The first-order chi connectivity index (χ1) is 13.7. The van der Waals surface area contributed by atoms with E-state index in [-0.39, 0.29) is 4.90 Å². The molecule has 148 valence electrons. The third-order valence-electron chi connectivity index (χ3n) is 4.36. The summed E-state index contributed by atoms with van der Waals surface area (Å²) in [6.07, 6.45) is 1.13. The lowest BCUT2D eigenvalue weighted by molar-refractivity contribution is -0.119. The summed E-state index contributed by atoms with van der Waals surface area (Å²) >= 11 is 1.14. The average Bonchev–Trinajstić information content (AvgIpc) is 3.08. The van der Waals surface area contributed by atoms with E-state index < -0.39 is 27.3 Å². The number of sulfone groups is 1. The highest BCUT2D eigenvalue weighted by atomic mass is 32.2. The highest BCUT2D eigenvalue weighted by molar-refractivity contribution is 7.90. The fourth-order valence-corrected chi connectivity index (χ4v) is 4.40. The molecule has 1 N–H and O–H groups in total. The summed E-state index contributed by atoms with van der Waals surface area (Å²) in [5, 5.41) is 11.2. The minimum atomic E-state index is -3.34. The molecule has 0 aliphatic heterocycles. The molecule has 2 heterocycles. The number of carbonyl (C=O) groups is 1. The standard InChI is InChI=1S/C18H15N5O4S2/c1-10(23-17(25)12-5-3-4-6-13(12)21-22-23)16(24)20-18-19-14-8-7-11(29(2,26)27)9-15(14)28-18/h3-10H,1-2H3,(H,19,20,24)/t10-/m0/s1. The zero-order valence-corrected chi connectivity index (χ0v) is 17.0. The predicted molar refractivity (Wildman–Crippen MR) is 110 cm³/mol. The number of carbonyl (C=O) groups excluding carboxylic acids is 1. The summed E-state index contributed by atoms with van der Waals surface area (Å²) in [7, 11) is -3.34. The van der Waals surface area contributed by atoms with E-state index in [4.69, 9.17) is 0 Å². The van der Waals surface area contributed by atoms with E-state index in [0.29, 0.717) is 26.3 Å².